The van der Waals surface area contributed by atoms with Crippen LogP contribution in [0.3, 0.4) is 0 Å². The van der Waals surface area contributed by atoms with Crippen molar-refractivity contribution in [1.29, 1.82) is 0 Å². The van der Waals surface area contributed by atoms with E-state index in [0.29, 0.717) is 24.8 Å². The van der Waals surface area contributed by atoms with Gasteiger partial charge in [0.05, 0.1) is 24.1 Å². The molecule has 1 amide bonds. The summed E-state index contributed by atoms with van der Waals surface area (Å²) in [6.45, 7) is 1.81. The van der Waals surface area contributed by atoms with Crippen LogP contribution in [0.5, 0.6) is 0 Å². The minimum atomic E-state index is 0.0414. The van der Waals surface area contributed by atoms with Gasteiger partial charge in [0.2, 0.25) is 5.91 Å². The second kappa shape index (κ2) is 5.53. The fourth-order valence-electron chi connectivity index (χ4n) is 2.97. The van der Waals surface area contributed by atoms with E-state index in [1.165, 1.54) is 18.4 Å². The number of pyridine rings is 2. The van der Waals surface area contributed by atoms with Crippen LogP contribution in [0.15, 0.2) is 30.6 Å². The Morgan fingerprint density at radius 1 is 1.22 bits per heavy atom. The van der Waals surface area contributed by atoms with Gasteiger partial charge in [-0.05, 0) is 42.5 Å². The van der Waals surface area contributed by atoms with Crippen molar-refractivity contribution in [2.24, 2.45) is 0 Å². The Bertz CT molecular complexity index is 756. The average Bonchev–Trinajstić information content (AvgIpc) is 3.39. The molecule has 6 heteroatoms. The zero-order valence-corrected chi connectivity index (χ0v) is 12.8. The molecule has 118 valence electrons. The molecule has 6 nitrogen and oxygen atoms in total. The highest BCUT2D eigenvalue weighted by Crippen LogP contribution is 2.41. The topological polar surface area (TPSA) is 84.1 Å². The van der Waals surface area contributed by atoms with Crippen molar-refractivity contribution in [3.05, 3.63) is 36.2 Å². The minimum Gasteiger partial charge on any atom is -0.384 e. The third kappa shape index (κ3) is 2.97. The van der Waals surface area contributed by atoms with Crippen LogP contribution in [0.25, 0.3) is 11.3 Å². The molecule has 1 saturated heterocycles. The van der Waals surface area contributed by atoms with E-state index in [4.69, 9.17) is 5.73 Å². The van der Waals surface area contributed by atoms with Gasteiger partial charge in [0, 0.05) is 24.8 Å². The lowest BCUT2D eigenvalue weighted by molar-refractivity contribution is -0.120. The normalized spacial score (nSPS) is 17.9. The van der Waals surface area contributed by atoms with Gasteiger partial charge in [-0.15, -0.1) is 0 Å². The number of rotatable bonds is 3. The number of hydrogen-bond donors (Lipinski definition) is 2. The number of amides is 1. The molecule has 3 heterocycles. The summed E-state index contributed by atoms with van der Waals surface area (Å²) in [7, 11) is 0. The summed E-state index contributed by atoms with van der Waals surface area (Å²) in [5.41, 5.74) is 9.95. The fourth-order valence-corrected chi connectivity index (χ4v) is 2.97. The average molecular weight is 309 g/mol. The summed E-state index contributed by atoms with van der Waals surface area (Å²) in [5, 5.41) is 2.83. The molecular formula is C17H19N5O. The molecule has 4 rings (SSSR count). The zero-order valence-electron chi connectivity index (χ0n) is 12.8. The van der Waals surface area contributed by atoms with Gasteiger partial charge in [-0.2, -0.15) is 0 Å². The number of carbonyl (C=O) groups excluding carboxylic acids is 1. The summed E-state index contributed by atoms with van der Waals surface area (Å²) in [4.78, 5) is 22.4. The van der Waals surface area contributed by atoms with E-state index < -0.39 is 0 Å². The molecule has 0 unspecified atom stereocenters. The number of aromatic nitrogens is 2. The number of nitrogens with two attached hydrogens (primary N) is 1. The van der Waals surface area contributed by atoms with Crippen molar-refractivity contribution >= 4 is 17.4 Å². The maximum absolute atomic E-state index is 11.6. The van der Waals surface area contributed by atoms with Crippen molar-refractivity contribution in [3.8, 4) is 11.3 Å². The Morgan fingerprint density at radius 2 is 2.09 bits per heavy atom. The fraction of sp³-hybridized carbons (Fsp3) is 0.353. The Kier molecular flexibility index (Phi) is 3.37. The second-order valence-corrected chi connectivity index (χ2v) is 6.19. The Labute approximate surface area is 134 Å². The first-order valence-corrected chi connectivity index (χ1v) is 7.93. The molecule has 2 fully saturated rings. The SMILES string of the molecule is Nc1cc(C2CC2)cc(-c2cncc(N3CCNC(=O)C3)c2)n1. The van der Waals surface area contributed by atoms with E-state index in [-0.39, 0.29) is 5.91 Å². The van der Waals surface area contributed by atoms with Crippen molar-refractivity contribution in [3.63, 3.8) is 0 Å². The molecule has 0 atom stereocenters. The quantitative estimate of drug-likeness (QED) is 0.898. The van der Waals surface area contributed by atoms with Crippen LogP contribution in [0.4, 0.5) is 11.5 Å². The predicted molar refractivity (Wildman–Crippen MR) is 89.1 cm³/mol. The molecule has 0 radical (unpaired) electrons. The molecule has 1 aliphatic carbocycles. The zero-order chi connectivity index (χ0) is 15.8. The Balaban J connectivity index is 1.67. The van der Waals surface area contributed by atoms with Crippen molar-refractivity contribution in [2.45, 2.75) is 18.8 Å². The van der Waals surface area contributed by atoms with Crippen LogP contribution in [-0.2, 0) is 4.79 Å². The van der Waals surface area contributed by atoms with E-state index >= 15 is 0 Å². The molecule has 2 aromatic rings. The Hall–Kier alpha value is -2.63. The third-order valence-corrected chi connectivity index (χ3v) is 4.34. The lowest BCUT2D eigenvalue weighted by Crippen LogP contribution is -2.47. The largest absolute Gasteiger partial charge is 0.384 e. The lowest BCUT2D eigenvalue weighted by Gasteiger charge is -2.28. The number of hydrogen-bond acceptors (Lipinski definition) is 5. The molecule has 2 aromatic heterocycles. The van der Waals surface area contributed by atoms with Crippen LogP contribution in [-0.4, -0.2) is 35.5 Å². The van der Waals surface area contributed by atoms with Gasteiger partial charge in [-0.1, -0.05) is 0 Å². The summed E-state index contributed by atoms with van der Waals surface area (Å²) >= 11 is 0. The van der Waals surface area contributed by atoms with Crippen LogP contribution >= 0.6 is 0 Å². The van der Waals surface area contributed by atoms with Gasteiger partial charge in [0.25, 0.3) is 0 Å². The van der Waals surface area contributed by atoms with Crippen LogP contribution in [0, 0.1) is 0 Å². The van der Waals surface area contributed by atoms with E-state index in [9.17, 15) is 4.79 Å². The highest BCUT2D eigenvalue weighted by Gasteiger charge is 2.24. The molecule has 2 aliphatic rings. The monoisotopic (exact) mass is 309 g/mol. The van der Waals surface area contributed by atoms with Gasteiger partial charge >= 0.3 is 0 Å². The van der Waals surface area contributed by atoms with Gasteiger partial charge in [-0.3, -0.25) is 9.78 Å². The van der Waals surface area contributed by atoms with Crippen molar-refractivity contribution in [1.82, 2.24) is 15.3 Å². The van der Waals surface area contributed by atoms with Gasteiger partial charge < -0.3 is 16.0 Å². The summed E-state index contributed by atoms with van der Waals surface area (Å²) in [6.07, 6.45) is 6.04. The van der Waals surface area contributed by atoms with Crippen molar-refractivity contribution in [2.75, 3.05) is 30.3 Å². The highest BCUT2D eigenvalue weighted by molar-refractivity contribution is 5.83. The first-order valence-electron chi connectivity index (χ1n) is 7.93. The molecule has 0 spiro atoms. The molecule has 0 bridgehead atoms. The summed E-state index contributed by atoms with van der Waals surface area (Å²) in [5.74, 6) is 1.22. The summed E-state index contributed by atoms with van der Waals surface area (Å²) < 4.78 is 0. The molecule has 1 saturated carbocycles. The van der Waals surface area contributed by atoms with E-state index in [1.54, 1.807) is 12.4 Å². The number of carbonyl (C=O) groups is 1. The first kappa shape index (κ1) is 14.0. The summed E-state index contributed by atoms with van der Waals surface area (Å²) in [6, 6.07) is 6.11. The molecule has 0 aromatic carbocycles. The van der Waals surface area contributed by atoms with Gasteiger partial charge in [0.15, 0.2) is 0 Å². The third-order valence-electron chi connectivity index (χ3n) is 4.34. The first-order chi connectivity index (χ1) is 11.2. The number of nitrogens with zero attached hydrogens (tertiary/aromatic N) is 3. The molecule has 3 N–H and O–H groups in total. The van der Waals surface area contributed by atoms with Gasteiger partial charge in [0.1, 0.15) is 5.82 Å². The van der Waals surface area contributed by atoms with E-state index in [2.05, 4.69) is 21.4 Å². The standard InChI is InChI=1S/C17H19N5O/c18-16-7-12(11-1-2-11)6-15(21-16)13-5-14(9-19-8-13)22-4-3-20-17(23)10-22/h5-9,11H,1-4,10H2,(H2,18,21)(H,20,23). The molecule has 23 heavy (non-hydrogen) atoms. The van der Waals surface area contributed by atoms with E-state index in [1.807, 2.05) is 17.0 Å². The Morgan fingerprint density at radius 3 is 2.87 bits per heavy atom. The number of nitrogen functional groups attached to an aromatic ring is 1. The van der Waals surface area contributed by atoms with Gasteiger partial charge in [-0.25, -0.2) is 4.98 Å². The maximum atomic E-state index is 11.6. The second-order valence-electron chi connectivity index (χ2n) is 6.19. The molecule has 1 aliphatic heterocycles. The number of anilines is 2. The predicted octanol–water partition coefficient (Wildman–Crippen LogP) is 1.54. The molecular weight excluding hydrogens is 290 g/mol. The lowest BCUT2D eigenvalue weighted by atomic mass is 10.1. The van der Waals surface area contributed by atoms with E-state index in [0.717, 1.165) is 23.5 Å². The van der Waals surface area contributed by atoms with Crippen LogP contribution in [0.2, 0.25) is 0 Å². The number of piperazine rings is 1. The van der Waals surface area contributed by atoms with Crippen LogP contribution in [0.1, 0.15) is 24.3 Å². The van der Waals surface area contributed by atoms with Crippen LogP contribution < -0.4 is 16.0 Å². The highest BCUT2D eigenvalue weighted by atomic mass is 16.2. The smallest absolute Gasteiger partial charge is 0.239 e. The minimum absolute atomic E-state index is 0.0414. The number of nitrogens with one attached hydrogen (secondary N) is 1. The maximum Gasteiger partial charge on any atom is 0.239 e. The van der Waals surface area contributed by atoms with Crippen molar-refractivity contribution < 1.29 is 4.79 Å².